The quantitative estimate of drug-likeness (QED) is 0.869. The number of benzene rings is 1. The molecule has 0 bridgehead atoms. The molecule has 0 saturated carbocycles. The lowest BCUT2D eigenvalue weighted by atomic mass is 9.91. The first-order valence-electron chi connectivity index (χ1n) is 9.42. The highest BCUT2D eigenvalue weighted by molar-refractivity contribution is 5.59. The number of hydrogen-bond donors (Lipinski definition) is 1. The summed E-state index contributed by atoms with van der Waals surface area (Å²) in [7, 11) is 0. The summed E-state index contributed by atoms with van der Waals surface area (Å²) in [5, 5.41) is 12.7. The lowest BCUT2D eigenvalue weighted by Gasteiger charge is -2.38. The van der Waals surface area contributed by atoms with Crippen molar-refractivity contribution >= 4 is 5.88 Å². The molecule has 3 unspecified atom stereocenters. The van der Waals surface area contributed by atoms with Gasteiger partial charge in [-0.3, -0.25) is 4.90 Å². The van der Waals surface area contributed by atoms with Crippen molar-refractivity contribution in [2.75, 3.05) is 25.0 Å². The molecule has 1 aromatic heterocycles. The Kier molecular flexibility index (Phi) is 5.63. The van der Waals surface area contributed by atoms with Crippen molar-refractivity contribution in [3.8, 4) is 17.5 Å². The first-order valence-corrected chi connectivity index (χ1v) is 9.42. The third-order valence-electron chi connectivity index (χ3n) is 5.11. The maximum Gasteiger partial charge on any atom is 0.232 e. The molecule has 3 rings (SSSR count). The largest absolute Gasteiger partial charge is 0.419 e. The van der Waals surface area contributed by atoms with E-state index in [0.717, 1.165) is 37.0 Å². The van der Waals surface area contributed by atoms with E-state index in [-0.39, 0.29) is 0 Å². The highest BCUT2D eigenvalue weighted by Gasteiger charge is 2.25. The minimum Gasteiger partial charge on any atom is -0.419 e. The van der Waals surface area contributed by atoms with Gasteiger partial charge in [-0.05, 0) is 44.2 Å². The molecule has 5 heteroatoms. The van der Waals surface area contributed by atoms with Crippen molar-refractivity contribution < 1.29 is 4.42 Å². The van der Waals surface area contributed by atoms with Crippen molar-refractivity contribution in [2.45, 2.75) is 40.2 Å². The topological polar surface area (TPSA) is 65.1 Å². The van der Waals surface area contributed by atoms with Crippen LogP contribution in [0, 0.1) is 30.1 Å². The number of piperidine rings is 1. The van der Waals surface area contributed by atoms with E-state index in [4.69, 9.17) is 4.42 Å². The molecular formula is C21H28N4O. The van der Waals surface area contributed by atoms with Crippen molar-refractivity contribution in [2.24, 2.45) is 11.8 Å². The Bertz CT molecular complexity index is 764. The predicted octanol–water partition coefficient (Wildman–Crippen LogP) is 4.30. The number of rotatable bonds is 5. The van der Waals surface area contributed by atoms with Crippen LogP contribution in [0.5, 0.6) is 0 Å². The summed E-state index contributed by atoms with van der Waals surface area (Å²) in [5.74, 6) is 2.41. The SMILES string of the molecule is Cc1ccc(-c2nc(C#N)c(NCC(C)N3CC(C)CC(C)C3)o2)cc1. The molecule has 26 heavy (non-hydrogen) atoms. The fourth-order valence-electron chi connectivity index (χ4n) is 3.78. The van der Waals surface area contributed by atoms with E-state index >= 15 is 0 Å². The van der Waals surface area contributed by atoms with Gasteiger partial charge in [0, 0.05) is 31.2 Å². The van der Waals surface area contributed by atoms with Gasteiger partial charge >= 0.3 is 0 Å². The zero-order valence-corrected chi connectivity index (χ0v) is 16.1. The zero-order valence-electron chi connectivity index (χ0n) is 16.1. The van der Waals surface area contributed by atoms with Crippen molar-refractivity contribution in [3.05, 3.63) is 35.5 Å². The normalized spacial score (nSPS) is 22.0. The molecule has 1 N–H and O–H groups in total. The second-order valence-electron chi connectivity index (χ2n) is 7.80. The Morgan fingerprint density at radius 3 is 2.54 bits per heavy atom. The highest BCUT2D eigenvalue weighted by atomic mass is 16.4. The Labute approximate surface area is 156 Å². The molecule has 1 fully saturated rings. The highest BCUT2D eigenvalue weighted by Crippen LogP contribution is 2.26. The molecule has 3 atom stereocenters. The van der Waals surface area contributed by atoms with E-state index in [0.29, 0.717) is 23.5 Å². The van der Waals surface area contributed by atoms with Crippen LogP contribution >= 0.6 is 0 Å². The Balaban J connectivity index is 1.68. The average molecular weight is 352 g/mol. The first-order chi connectivity index (χ1) is 12.5. The third kappa shape index (κ3) is 4.25. The van der Waals surface area contributed by atoms with E-state index in [9.17, 15) is 5.26 Å². The second kappa shape index (κ2) is 7.92. The van der Waals surface area contributed by atoms with Crippen molar-refractivity contribution in [3.63, 3.8) is 0 Å². The Morgan fingerprint density at radius 1 is 1.27 bits per heavy atom. The summed E-state index contributed by atoms with van der Waals surface area (Å²) in [5.41, 5.74) is 2.37. The monoisotopic (exact) mass is 352 g/mol. The van der Waals surface area contributed by atoms with Crippen LogP contribution in [0.4, 0.5) is 5.88 Å². The lowest BCUT2D eigenvalue weighted by Crippen LogP contribution is -2.46. The number of anilines is 1. The third-order valence-corrected chi connectivity index (χ3v) is 5.11. The van der Waals surface area contributed by atoms with Gasteiger partial charge < -0.3 is 9.73 Å². The molecule has 0 amide bonds. The van der Waals surface area contributed by atoms with Crippen LogP contribution in [0.15, 0.2) is 28.7 Å². The molecule has 2 heterocycles. The van der Waals surface area contributed by atoms with Gasteiger partial charge in [-0.25, -0.2) is 0 Å². The van der Waals surface area contributed by atoms with Crippen molar-refractivity contribution in [1.82, 2.24) is 9.88 Å². The molecular weight excluding hydrogens is 324 g/mol. The fraction of sp³-hybridized carbons (Fsp3) is 0.524. The molecule has 5 nitrogen and oxygen atoms in total. The molecule has 0 spiro atoms. The number of likely N-dealkylation sites (tertiary alicyclic amines) is 1. The van der Waals surface area contributed by atoms with Gasteiger partial charge in [-0.1, -0.05) is 31.5 Å². The number of hydrogen-bond acceptors (Lipinski definition) is 5. The summed E-state index contributed by atoms with van der Waals surface area (Å²) < 4.78 is 5.85. The van der Waals surface area contributed by atoms with E-state index in [1.165, 1.54) is 12.0 Å². The molecule has 0 aliphatic carbocycles. The number of nitrogens with zero attached hydrogens (tertiary/aromatic N) is 3. The van der Waals surface area contributed by atoms with Gasteiger partial charge in [0.2, 0.25) is 17.5 Å². The number of nitriles is 1. The van der Waals surface area contributed by atoms with Crippen LogP contribution in [0.25, 0.3) is 11.5 Å². The second-order valence-corrected chi connectivity index (χ2v) is 7.80. The molecule has 1 aromatic carbocycles. The van der Waals surface area contributed by atoms with E-state index < -0.39 is 0 Å². The number of oxazole rings is 1. The summed E-state index contributed by atoms with van der Waals surface area (Å²) >= 11 is 0. The maximum absolute atomic E-state index is 9.38. The zero-order chi connectivity index (χ0) is 18.7. The molecule has 138 valence electrons. The molecule has 1 aliphatic heterocycles. The van der Waals surface area contributed by atoms with E-state index in [1.807, 2.05) is 31.2 Å². The van der Waals surface area contributed by atoms with Gasteiger partial charge in [0.05, 0.1) is 0 Å². The lowest BCUT2D eigenvalue weighted by molar-refractivity contribution is 0.108. The van der Waals surface area contributed by atoms with Gasteiger partial charge in [0.15, 0.2) is 0 Å². The van der Waals surface area contributed by atoms with Crippen LogP contribution < -0.4 is 5.32 Å². The molecule has 0 radical (unpaired) electrons. The van der Waals surface area contributed by atoms with Crippen LogP contribution in [-0.2, 0) is 0 Å². The molecule has 2 aromatic rings. The standard InChI is InChI=1S/C21H28N4O/c1-14-5-7-18(8-6-14)20-24-19(10-22)21(26-20)23-11-17(4)25-12-15(2)9-16(3)13-25/h5-8,15-17,23H,9,11-13H2,1-4H3. The minimum atomic E-state index is 0.313. The molecule has 1 aliphatic rings. The van der Waals surface area contributed by atoms with Gasteiger partial charge in [-0.15, -0.1) is 0 Å². The molecule has 1 saturated heterocycles. The summed E-state index contributed by atoms with van der Waals surface area (Å²) in [6, 6.07) is 10.5. The summed E-state index contributed by atoms with van der Waals surface area (Å²) in [4.78, 5) is 6.86. The predicted molar refractivity (Wildman–Crippen MR) is 104 cm³/mol. The van der Waals surface area contributed by atoms with Gasteiger partial charge in [-0.2, -0.15) is 10.2 Å². The van der Waals surface area contributed by atoms with Crippen LogP contribution in [0.1, 0.15) is 38.4 Å². The average Bonchev–Trinajstić information content (AvgIpc) is 3.02. The van der Waals surface area contributed by atoms with Crippen molar-refractivity contribution in [1.29, 1.82) is 5.26 Å². The van der Waals surface area contributed by atoms with Crippen LogP contribution in [-0.4, -0.2) is 35.6 Å². The number of nitrogens with one attached hydrogen (secondary N) is 1. The fourth-order valence-corrected chi connectivity index (χ4v) is 3.78. The minimum absolute atomic E-state index is 0.313. The summed E-state index contributed by atoms with van der Waals surface area (Å²) in [6.45, 7) is 11.9. The Hall–Kier alpha value is -2.32. The van der Waals surface area contributed by atoms with E-state index in [2.05, 4.69) is 42.0 Å². The van der Waals surface area contributed by atoms with Crippen LogP contribution in [0.2, 0.25) is 0 Å². The summed E-state index contributed by atoms with van der Waals surface area (Å²) in [6.07, 6.45) is 1.30. The number of aryl methyl sites for hydroxylation is 1. The first kappa shape index (κ1) is 18.5. The Morgan fingerprint density at radius 2 is 1.92 bits per heavy atom. The van der Waals surface area contributed by atoms with E-state index in [1.54, 1.807) is 0 Å². The number of aromatic nitrogens is 1. The maximum atomic E-state index is 9.38. The van der Waals surface area contributed by atoms with Gasteiger partial charge in [0.25, 0.3) is 0 Å². The smallest absolute Gasteiger partial charge is 0.232 e. The van der Waals surface area contributed by atoms with Gasteiger partial charge in [0.1, 0.15) is 6.07 Å². The van der Waals surface area contributed by atoms with Crippen LogP contribution in [0.3, 0.4) is 0 Å².